The average Bonchev–Trinajstić information content (AvgIpc) is 2.94. The Morgan fingerprint density at radius 3 is 2.81 bits per heavy atom. The molecular formula is C14H17ClN4O2. The molecule has 0 aliphatic carbocycles. The minimum Gasteiger partial charge on any atom is -0.481 e. The van der Waals surface area contributed by atoms with Crippen LogP contribution in [-0.2, 0) is 17.9 Å². The molecule has 1 atom stereocenters. The van der Waals surface area contributed by atoms with E-state index in [0.29, 0.717) is 23.1 Å². The predicted molar refractivity (Wildman–Crippen MR) is 79.1 cm³/mol. The molecule has 1 amide bonds. The van der Waals surface area contributed by atoms with E-state index in [2.05, 4.69) is 15.5 Å². The minimum atomic E-state index is -0.607. The molecule has 0 unspecified atom stereocenters. The lowest BCUT2D eigenvalue weighted by Crippen LogP contribution is -2.36. The zero-order valence-electron chi connectivity index (χ0n) is 11.9. The van der Waals surface area contributed by atoms with Gasteiger partial charge in [-0.05, 0) is 38.1 Å². The lowest BCUT2D eigenvalue weighted by atomic mass is 10.3. The minimum absolute atomic E-state index is 0.212. The van der Waals surface area contributed by atoms with Crippen LogP contribution in [0.4, 0.5) is 0 Å². The Labute approximate surface area is 128 Å². The second kappa shape index (κ2) is 7.08. The first kappa shape index (κ1) is 15.3. The molecule has 0 aliphatic heterocycles. The van der Waals surface area contributed by atoms with Crippen molar-refractivity contribution in [2.75, 3.05) is 0 Å². The summed E-state index contributed by atoms with van der Waals surface area (Å²) in [6, 6.07) is 6.87. The van der Waals surface area contributed by atoms with Crippen LogP contribution in [0.25, 0.3) is 0 Å². The van der Waals surface area contributed by atoms with Gasteiger partial charge in [-0.2, -0.15) is 0 Å². The molecule has 7 heteroatoms. The number of amides is 1. The van der Waals surface area contributed by atoms with E-state index in [9.17, 15) is 4.79 Å². The summed E-state index contributed by atoms with van der Waals surface area (Å²) >= 11 is 5.80. The van der Waals surface area contributed by atoms with Gasteiger partial charge >= 0.3 is 0 Å². The first-order valence-electron chi connectivity index (χ1n) is 6.66. The van der Waals surface area contributed by atoms with Crippen LogP contribution in [0.2, 0.25) is 5.02 Å². The number of nitrogens with one attached hydrogen (secondary N) is 1. The molecule has 6 nitrogen and oxygen atoms in total. The van der Waals surface area contributed by atoms with Gasteiger partial charge in [-0.1, -0.05) is 11.6 Å². The van der Waals surface area contributed by atoms with Crippen LogP contribution in [0.1, 0.15) is 19.7 Å². The van der Waals surface area contributed by atoms with E-state index in [1.54, 1.807) is 37.5 Å². The Morgan fingerprint density at radius 2 is 2.14 bits per heavy atom. The van der Waals surface area contributed by atoms with Gasteiger partial charge in [-0.15, -0.1) is 10.2 Å². The number of hydrogen-bond acceptors (Lipinski definition) is 4. The third-order valence-electron chi connectivity index (χ3n) is 2.95. The van der Waals surface area contributed by atoms with Gasteiger partial charge in [0.15, 0.2) is 11.9 Å². The number of benzene rings is 1. The molecule has 0 radical (unpaired) electrons. The Kier molecular flexibility index (Phi) is 5.16. The van der Waals surface area contributed by atoms with Crippen molar-refractivity contribution in [1.82, 2.24) is 20.1 Å². The molecule has 112 valence electrons. The molecule has 0 spiro atoms. The van der Waals surface area contributed by atoms with Gasteiger partial charge in [-0.25, -0.2) is 0 Å². The smallest absolute Gasteiger partial charge is 0.261 e. The lowest BCUT2D eigenvalue weighted by molar-refractivity contribution is -0.127. The molecule has 1 aromatic heterocycles. The van der Waals surface area contributed by atoms with E-state index < -0.39 is 6.10 Å². The summed E-state index contributed by atoms with van der Waals surface area (Å²) in [4.78, 5) is 12.0. The number of carbonyl (C=O) groups is 1. The molecule has 21 heavy (non-hydrogen) atoms. The summed E-state index contributed by atoms with van der Waals surface area (Å²) in [5.41, 5.74) is 0. The number of aryl methyl sites for hydroxylation is 1. The number of rotatable bonds is 6. The Hall–Kier alpha value is -2.08. The maximum absolute atomic E-state index is 12.0. The third-order valence-corrected chi connectivity index (χ3v) is 3.20. The molecule has 1 N–H and O–H groups in total. The largest absolute Gasteiger partial charge is 0.481 e. The van der Waals surface area contributed by atoms with E-state index in [4.69, 9.17) is 16.3 Å². The quantitative estimate of drug-likeness (QED) is 0.886. The molecule has 1 aromatic carbocycles. The summed E-state index contributed by atoms with van der Waals surface area (Å²) in [7, 11) is 0. The van der Waals surface area contributed by atoms with Crippen LogP contribution >= 0.6 is 11.6 Å². The highest BCUT2D eigenvalue weighted by Gasteiger charge is 2.15. The maximum atomic E-state index is 12.0. The summed E-state index contributed by atoms with van der Waals surface area (Å²) in [6.07, 6.45) is 1.03. The third kappa shape index (κ3) is 4.19. The predicted octanol–water partition coefficient (Wildman–Crippen LogP) is 2.04. The number of hydrogen-bond donors (Lipinski definition) is 1. The maximum Gasteiger partial charge on any atom is 0.261 e. The van der Waals surface area contributed by atoms with Crippen LogP contribution in [0, 0.1) is 0 Å². The number of ether oxygens (including phenoxy) is 1. The highest BCUT2D eigenvalue weighted by molar-refractivity contribution is 6.30. The van der Waals surface area contributed by atoms with Gasteiger partial charge in [0.1, 0.15) is 12.1 Å². The molecule has 0 bridgehead atoms. The van der Waals surface area contributed by atoms with Crippen molar-refractivity contribution in [2.45, 2.75) is 33.0 Å². The molecule has 1 heterocycles. The Morgan fingerprint density at radius 1 is 1.43 bits per heavy atom. The van der Waals surface area contributed by atoms with Gasteiger partial charge in [0, 0.05) is 11.6 Å². The van der Waals surface area contributed by atoms with Crippen LogP contribution < -0.4 is 10.1 Å². The van der Waals surface area contributed by atoms with Gasteiger partial charge in [0.2, 0.25) is 0 Å². The van der Waals surface area contributed by atoms with E-state index in [1.807, 2.05) is 11.5 Å². The summed E-state index contributed by atoms with van der Waals surface area (Å²) < 4.78 is 7.41. The molecular weight excluding hydrogens is 292 g/mol. The highest BCUT2D eigenvalue weighted by atomic mass is 35.5. The van der Waals surface area contributed by atoms with Crippen molar-refractivity contribution < 1.29 is 9.53 Å². The van der Waals surface area contributed by atoms with Crippen molar-refractivity contribution in [1.29, 1.82) is 0 Å². The monoisotopic (exact) mass is 308 g/mol. The molecule has 2 rings (SSSR count). The normalized spacial score (nSPS) is 12.0. The van der Waals surface area contributed by atoms with E-state index in [-0.39, 0.29) is 5.91 Å². The van der Waals surface area contributed by atoms with E-state index >= 15 is 0 Å². The Bertz CT molecular complexity index is 597. The molecule has 0 aliphatic rings. The van der Waals surface area contributed by atoms with Crippen LogP contribution in [0.5, 0.6) is 5.75 Å². The summed E-state index contributed by atoms with van der Waals surface area (Å²) in [5, 5.41) is 11.2. The topological polar surface area (TPSA) is 69.0 Å². The molecule has 0 saturated heterocycles. The number of nitrogens with zero attached hydrogens (tertiary/aromatic N) is 3. The van der Waals surface area contributed by atoms with Crippen molar-refractivity contribution in [2.24, 2.45) is 0 Å². The van der Waals surface area contributed by atoms with E-state index in [0.717, 1.165) is 6.54 Å². The fourth-order valence-electron chi connectivity index (χ4n) is 1.76. The SMILES string of the molecule is CCn1cnnc1CNC(=O)[C@@H](C)Oc1ccc(Cl)cc1. The van der Waals surface area contributed by atoms with Gasteiger partial charge < -0.3 is 14.6 Å². The standard InChI is InChI=1S/C14H17ClN4O2/c1-3-19-9-17-18-13(19)8-16-14(20)10(2)21-12-6-4-11(15)5-7-12/h4-7,9-10H,3,8H2,1-2H3,(H,16,20)/t10-/m1/s1. The number of halogens is 1. The molecule has 0 saturated carbocycles. The average molecular weight is 309 g/mol. The summed E-state index contributed by atoms with van der Waals surface area (Å²) in [5.74, 6) is 1.10. The van der Waals surface area contributed by atoms with Crippen molar-refractivity contribution in [3.8, 4) is 5.75 Å². The number of carbonyl (C=O) groups excluding carboxylic acids is 1. The van der Waals surface area contributed by atoms with Crippen LogP contribution in [0.15, 0.2) is 30.6 Å². The van der Waals surface area contributed by atoms with Crippen molar-refractivity contribution >= 4 is 17.5 Å². The van der Waals surface area contributed by atoms with Crippen molar-refractivity contribution in [3.63, 3.8) is 0 Å². The fourth-order valence-corrected chi connectivity index (χ4v) is 1.89. The molecule has 0 fully saturated rings. The first-order valence-corrected chi connectivity index (χ1v) is 7.04. The zero-order valence-corrected chi connectivity index (χ0v) is 12.7. The van der Waals surface area contributed by atoms with Gasteiger partial charge in [0.05, 0.1) is 6.54 Å². The zero-order chi connectivity index (χ0) is 15.2. The summed E-state index contributed by atoms with van der Waals surface area (Å²) in [6.45, 7) is 4.76. The fraction of sp³-hybridized carbons (Fsp3) is 0.357. The first-order chi connectivity index (χ1) is 10.1. The van der Waals surface area contributed by atoms with E-state index in [1.165, 1.54) is 0 Å². The lowest BCUT2D eigenvalue weighted by Gasteiger charge is -2.14. The number of aromatic nitrogens is 3. The molecule has 2 aromatic rings. The van der Waals surface area contributed by atoms with Crippen LogP contribution in [-0.4, -0.2) is 26.8 Å². The van der Waals surface area contributed by atoms with Gasteiger partial charge in [-0.3, -0.25) is 4.79 Å². The van der Waals surface area contributed by atoms with Crippen molar-refractivity contribution in [3.05, 3.63) is 41.4 Å². The Balaban J connectivity index is 1.86. The highest BCUT2D eigenvalue weighted by Crippen LogP contribution is 2.16. The second-order valence-corrected chi connectivity index (χ2v) is 4.90. The second-order valence-electron chi connectivity index (χ2n) is 4.46. The van der Waals surface area contributed by atoms with Crippen LogP contribution in [0.3, 0.4) is 0 Å². The van der Waals surface area contributed by atoms with Gasteiger partial charge in [0.25, 0.3) is 5.91 Å².